The van der Waals surface area contributed by atoms with E-state index in [1.807, 2.05) is 0 Å². The number of benzene rings is 1. The molecule has 9 heteroatoms. The third-order valence-corrected chi connectivity index (χ3v) is 4.93. The van der Waals surface area contributed by atoms with Gasteiger partial charge in [-0.1, -0.05) is 6.07 Å². The Hall–Kier alpha value is -3.38. The molecule has 0 radical (unpaired) electrons. The zero-order valence-corrected chi connectivity index (χ0v) is 16.2. The molecular weight excluding hydrogens is 378 g/mol. The minimum absolute atomic E-state index is 0.203. The van der Waals surface area contributed by atoms with Crippen molar-refractivity contribution in [1.82, 2.24) is 4.57 Å². The van der Waals surface area contributed by atoms with Gasteiger partial charge in [-0.15, -0.1) is 10.1 Å². The molecule has 9 nitrogen and oxygen atoms in total. The summed E-state index contributed by atoms with van der Waals surface area (Å²) in [7, 11) is 0. The van der Waals surface area contributed by atoms with Gasteiger partial charge in [0.15, 0.2) is 0 Å². The lowest BCUT2D eigenvalue weighted by Gasteiger charge is -2.42. The van der Waals surface area contributed by atoms with Gasteiger partial charge in [0, 0.05) is 24.2 Å². The smallest absolute Gasteiger partial charge is 0.294 e. The molecule has 1 aliphatic heterocycles. The highest BCUT2D eigenvalue weighted by molar-refractivity contribution is 5.46. The molecule has 1 aromatic heterocycles. The summed E-state index contributed by atoms with van der Waals surface area (Å²) in [4.78, 5) is 27.7. The van der Waals surface area contributed by atoms with Crippen molar-refractivity contribution in [3.8, 4) is 11.8 Å². The zero-order chi connectivity index (χ0) is 21.3. The number of rotatable bonds is 5. The van der Waals surface area contributed by atoms with Gasteiger partial charge in [-0.2, -0.15) is 5.26 Å². The molecule has 0 spiro atoms. The van der Waals surface area contributed by atoms with Crippen LogP contribution in [0, 0.1) is 21.4 Å². The van der Waals surface area contributed by atoms with E-state index >= 15 is 0 Å². The van der Waals surface area contributed by atoms with E-state index in [1.54, 1.807) is 51.2 Å². The van der Waals surface area contributed by atoms with Crippen LogP contribution >= 0.6 is 0 Å². The second-order valence-corrected chi connectivity index (χ2v) is 7.59. The fraction of sp³-hybridized carbons (Fsp3) is 0.400. The highest BCUT2D eigenvalue weighted by Crippen LogP contribution is 2.41. The molecule has 29 heavy (non-hydrogen) atoms. The van der Waals surface area contributed by atoms with Crippen molar-refractivity contribution in [2.24, 2.45) is 0 Å². The number of nitriles is 1. The predicted octanol–water partition coefficient (Wildman–Crippen LogP) is 1.98. The molecule has 3 rings (SSSR count). The van der Waals surface area contributed by atoms with Crippen LogP contribution in [0.2, 0.25) is 0 Å². The van der Waals surface area contributed by atoms with Gasteiger partial charge >= 0.3 is 0 Å². The minimum Gasteiger partial charge on any atom is -0.485 e. The van der Waals surface area contributed by atoms with Crippen molar-refractivity contribution in [3.05, 3.63) is 73.7 Å². The molecule has 1 aromatic carbocycles. The fourth-order valence-corrected chi connectivity index (χ4v) is 3.54. The summed E-state index contributed by atoms with van der Waals surface area (Å²) in [5.41, 5.74) is 0.190. The Morgan fingerprint density at radius 1 is 1.41 bits per heavy atom. The Morgan fingerprint density at radius 3 is 2.79 bits per heavy atom. The third-order valence-electron chi connectivity index (χ3n) is 4.93. The van der Waals surface area contributed by atoms with E-state index in [0.29, 0.717) is 22.4 Å². The van der Waals surface area contributed by atoms with Crippen LogP contribution in [-0.2, 0) is 11.3 Å². The van der Waals surface area contributed by atoms with Crippen molar-refractivity contribution in [3.63, 3.8) is 0 Å². The Morgan fingerprint density at radius 2 is 2.14 bits per heavy atom. The molecule has 0 saturated heterocycles. The lowest BCUT2D eigenvalue weighted by atomic mass is 9.85. The van der Waals surface area contributed by atoms with E-state index < -0.39 is 28.9 Å². The Labute approximate surface area is 166 Å². The summed E-state index contributed by atoms with van der Waals surface area (Å²) >= 11 is 0. The first-order valence-corrected chi connectivity index (χ1v) is 9.05. The molecule has 0 fully saturated rings. The Kier molecular flexibility index (Phi) is 5.31. The zero-order valence-electron chi connectivity index (χ0n) is 16.2. The first-order chi connectivity index (χ1) is 13.6. The van der Waals surface area contributed by atoms with Gasteiger partial charge in [0.2, 0.25) is 0 Å². The van der Waals surface area contributed by atoms with Crippen molar-refractivity contribution < 1.29 is 19.8 Å². The van der Waals surface area contributed by atoms with Gasteiger partial charge in [0.1, 0.15) is 23.6 Å². The standard InChI is InChI=1S/C20H21N3O6/c1-12(29-23(26)27)8-14-5-7-17(24)22(11-14)18-15-9-13(10-21)4-6-16(15)28-20(2,3)19(18)25/h4-7,9,11-12,18-19,25H,8H2,1-3H3. The van der Waals surface area contributed by atoms with Gasteiger partial charge < -0.3 is 19.2 Å². The van der Waals surface area contributed by atoms with E-state index in [9.17, 15) is 25.3 Å². The van der Waals surface area contributed by atoms with Gasteiger partial charge in [0.05, 0.1) is 17.7 Å². The number of aliphatic hydroxyl groups is 1. The summed E-state index contributed by atoms with van der Waals surface area (Å²) in [6.07, 6.45) is -0.0243. The normalized spacial score (nSPS) is 20.7. The van der Waals surface area contributed by atoms with Gasteiger partial charge in [-0.3, -0.25) is 4.79 Å². The monoisotopic (exact) mass is 399 g/mol. The summed E-state index contributed by atoms with van der Waals surface area (Å²) < 4.78 is 7.27. The maximum Gasteiger partial charge on any atom is 0.294 e. The molecule has 1 aliphatic rings. The second-order valence-electron chi connectivity index (χ2n) is 7.59. The Balaban J connectivity index is 2.09. The third kappa shape index (κ3) is 4.07. The lowest BCUT2D eigenvalue weighted by molar-refractivity contribution is -0.767. The quantitative estimate of drug-likeness (QED) is 0.601. The van der Waals surface area contributed by atoms with Crippen LogP contribution in [0.1, 0.15) is 43.5 Å². The van der Waals surface area contributed by atoms with Crippen molar-refractivity contribution >= 4 is 0 Å². The summed E-state index contributed by atoms with van der Waals surface area (Å²) in [6, 6.07) is 9.03. The molecule has 2 heterocycles. The first-order valence-electron chi connectivity index (χ1n) is 9.05. The van der Waals surface area contributed by atoms with Crippen LogP contribution in [-0.4, -0.2) is 32.6 Å². The molecular formula is C20H21N3O6. The average Bonchev–Trinajstić information content (AvgIpc) is 2.63. The highest BCUT2D eigenvalue weighted by atomic mass is 17.0. The number of fused-ring (bicyclic) bond motifs is 1. The van der Waals surface area contributed by atoms with E-state index in [4.69, 9.17) is 4.74 Å². The molecule has 3 unspecified atom stereocenters. The summed E-state index contributed by atoms with van der Waals surface area (Å²) in [5, 5.41) is 29.9. The average molecular weight is 399 g/mol. The number of aromatic nitrogens is 1. The highest BCUT2D eigenvalue weighted by Gasteiger charge is 2.44. The van der Waals surface area contributed by atoms with E-state index in [2.05, 4.69) is 10.9 Å². The van der Waals surface area contributed by atoms with Crippen molar-refractivity contribution in [1.29, 1.82) is 5.26 Å². The topological polar surface area (TPSA) is 128 Å². The van der Waals surface area contributed by atoms with Gasteiger partial charge in [0.25, 0.3) is 10.6 Å². The largest absolute Gasteiger partial charge is 0.485 e. The van der Waals surface area contributed by atoms with Crippen LogP contribution in [0.25, 0.3) is 0 Å². The minimum atomic E-state index is -1.08. The SMILES string of the molecule is CC(Cc1ccc(=O)n(C2c3cc(C#N)ccc3OC(C)(C)C2O)c1)O[N+](=O)[O-]. The molecule has 3 atom stereocenters. The molecule has 0 bridgehead atoms. The van der Waals surface area contributed by atoms with Crippen LogP contribution in [0.15, 0.2) is 41.3 Å². The second kappa shape index (κ2) is 7.56. The molecule has 152 valence electrons. The maximum atomic E-state index is 12.7. The van der Waals surface area contributed by atoms with E-state index in [0.717, 1.165) is 0 Å². The molecule has 2 aromatic rings. The van der Waals surface area contributed by atoms with Crippen molar-refractivity contribution in [2.75, 3.05) is 0 Å². The predicted molar refractivity (Wildman–Crippen MR) is 102 cm³/mol. The van der Waals surface area contributed by atoms with Crippen LogP contribution in [0.4, 0.5) is 0 Å². The molecule has 0 amide bonds. The molecule has 1 N–H and O–H groups in total. The van der Waals surface area contributed by atoms with E-state index in [1.165, 1.54) is 10.6 Å². The number of ether oxygens (including phenoxy) is 1. The number of nitrogens with zero attached hydrogens (tertiary/aromatic N) is 3. The van der Waals surface area contributed by atoms with Crippen LogP contribution in [0.3, 0.4) is 0 Å². The lowest BCUT2D eigenvalue weighted by Crippen LogP contribution is -2.52. The summed E-state index contributed by atoms with van der Waals surface area (Å²) in [5.74, 6) is 0.478. The van der Waals surface area contributed by atoms with Gasteiger partial charge in [-0.05, 0) is 44.5 Å². The van der Waals surface area contributed by atoms with Crippen LogP contribution < -0.4 is 10.3 Å². The fourth-order valence-electron chi connectivity index (χ4n) is 3.54. The summed E-state index contributed by atoms with van der Waals surface area (Å²) in [6.45, 7) is 4.99. The number of pyridine rings is 1. The Bertz CT molecular complexity index is 1040. The van der Waals surface area contributed by atoms with Crippen LogP contribution in [0.5, 0.6) is 5.75 Å². The van der Waals surface area contributed by atoms with Gasteiger partial charge in [-0.25, -0.2) is 0 Å². The van der Waals surface area contributed by atoms with E-state index in [-0.39, 0.29) is 12.0 Å². The molecule has 0 aliphatic carbocycles. The number of hydrogen-bond acceptors (Lipinski definition) is 7. The number of hydrogen-bond donors (Lipinski definition) is 1. The van der Waals surface area contributed by atoms with Crippen molar-refractivity contribution in [2.45, 2.75) is 51.0 Å². The number of aliphatic hydroxyl groups excluding tert-OH is 1. The maximum absolute atomic E-state index is 12.7. The first kappa shape index (κ1) is 20.4. The molecule has 0 saturated carbocycles.